The first-order chi connectivity index (χ1) is 12.2. The second-order valence-corrected chi connectivity index (χ2v) is 5.42. The standard InChI is InChI=1S/C19H18FNO4/c1-23-16-5-2-13(10-15(16)20)4-7-19(22)21-12-14-3-6-17-18(11-14)25-9-8-24-17/h2-7,10-11H,8-9,12H2,1H3,(H,21,22)/b7-4+. The zero-order valence-electron chi connectivity index (χ0n) is 13.8. The van der Waals surface area contributed by atoms with Gasteiger partial charge in [0.1, 0.15) is 13.2 Å². The van der Waals surface area contributed by atoms with Crippen LogP contribution in [0, 0.1) is 5.82 Å². The van der Waals surface area contributed by atoms with Crippen molar-refractivity contribution in [3.8, 4) is 17.2 Å². The number of nitrogens with one attached hydrogen (secondary N) is 1. The van der Waals surface area contributed by atoms with E-state index in [1.54, 1.807) is 12.1 Å². The molecular formula is C19H18FNO4. The fourth-order valence-corrected chi connectivity index (χ4v) is 2.40. The average molecular weight is 343 g/mol. The van der Waals surface area contributed by atoms with Crippen LogP contribution in [-0.2, 0) is 11.3 Å². The van der Waals surface area contributed by atoms with Crippen molar-refractivity contribution < 1.29 is 23.4 Å². The third-order valence-electron chi connectivity index (χ3n) is 3.68. The molecule has 0 radical (unpaired) electrons. The largest absolute Gasteiger partial charge is 0.494 e. The number of fused-ring (bicyclic) bond motifs is 1. The van der Waals surface area contributed by atoms with Gasteiger partial charge in [-0.3, -0.25) is 4.79 Å². The number of rotatable bonds is 5. The van der Waals surface area contributed by atoms with Crippen molar-refractivity contribution in [3.63, 3.8) is 0 Å². The molecule has 0 atom stereocenters. The molecule has 0 unspecified atom stereocenters. The second kappa shape index (κ2) is 7.70. The average Bonchev–Trinajstić information content (AvgIpc) is 2.64. The van der Waals surface area contributed by atoms with Gasteiger partial charge in [0.2, 0.25) is 5.91 Å². The fraction of sp³-hybridized carbons (Fsp3) is 0.211. The van der Waals surface area contributed by atoms with Crippen LogP contribution < -0.4 is 19.5 Å². The third kappa shape index (κ3) is 4.29. The first kappa shape index (κ1) is 16.8. The van der Waals surface area contributed by atoms with Crippen LogP contribution >= 0.6 is 0 Å². The molecular weight excluding hydrogens is 325 g/mol. The lowest BCUT2D eigenvalue weighted by Gasteiger charge is -2.18. The summed E-state index contributed by atoms with van der Waals surface area (Å²) in [4.78, 5) is 11.9. The van der Waals surface area contributed by atoms with E-state index in [2.05, 4.69) is 5.32 Å². The van der Waals surface area contributed by atoms with Crippen molar-refractivity contribution in [2.45, 2.75) is 6.54 Å². The summed E-state index contributed by atoms with van der Waals surface area (Å²) in [5.74, 6) is 0.817. The number of halogens is 1. The lowest BCUT2D eigenvalue weighted by Crippen LogP contribution is -2.20. The van der Waals surface area contributed by atoms with Gasteiger partial charge in [-0.25, -0.2) is 4.39 Å². The molecule has 1 heterocycles. The molecule has 0 spiro atoms. The van der Waals surface area contributed by atoms with Gasteiger partial charge in [-0.05, 0) is 41.5 Å². The number of ether oxygens (including phenoxy) is 3. The number of hydrogen-bond acceptors (Lipinski definition) is 4. The Labute approximate surface area is 145 Å². The van der Waals surface area contributed by atoms with Gasteiger partial charge in [0.05, 0.1) is 7.11 Å². The summed E-state index contributed by atoms with van der Waals surface area (Å²) in [6.45, 7) is 1.42. The zero-order valence-corrected chi connectivity index (χ0v) is 13.8. The van der Waals surface area contributed by atoms with Crippen LogP contribution in [0.2, 0.25) is 0 Å². The fourth-order valence-electron chi connectivity index (χ4n) is 2.40. The van der Waals surface area contributed by atoms with Gasteiger partial charge in [-0.1, -0.05) is 12.1 Å². The molecule has 130 valence electrons. The Balaban J connectivity index is 1.56. The van der Waals surface area contributed by atoms with E-state index in [-0.39, 0.29) is 11.7 Å². The Hall–Kier alpha value is -3.02. The maximum Gasteiger partial charge on any atom is 0.244 e. The van der Waals surface area contributed by atoms with Crippen LogP contribution in [0.4, 0.5) is 4.39 Å². The number of methoxy groups -OCH3 is 1. The molecule has 6 heteroatoms. The van der Waals surface area contributed by atoms with E-state index in [0.29, 0.717) is 36.8 Å². The first-order valence-electron chi connectivity index (χ1n) is 7.83. The van der Waals surface area contributed by atoms with E-state index >= 15 is 0 Å². The van der Waals surface area contributed by atoms with Crippen LogP contribution in [0.15, 0.2) is 42.5 Å². The normalized spacial score (nSPS) is 12.9. The van der Waals surface area contributed by atoms with Gasteiger partial charge in [0, 0.05) is 12.6 Å². The van der Waals surface area contributed by atoms with Gasteiger partial charge in [0.25, 0.3) is 0 Å². The molecule has 0 saturated heterocycles. The predicted octanol–water partition coefficient (Wildman–Crippen LogP) is 2.94. The second-order valence-electron chi connectivity index (χ2n) is 5.42. The highest BCUT2D eigenvalue weighted by Crippen LogP contribution is 2.30. The van der Waals surface area contributed by atoms with Crippen molar-refractivity contribution in [1.29, 1.82) is 0 Å². The summed E-state index contributed by atoms with van der Waals surface area (Å²) in [7, 11) is 1.40. The van der Waals surface area contributed by atoms with E-state index in [9.17, 15) is 9.18 Å². The van der Waals surface area contributed by atoms with Gasteiger partial charge < -0.3 is 19.5 Å². The minimum Gasteiger partial charge on any atom is -0.494 e. The monoisotopic (exact) mass is 343 g/mol. The Morgan fingerprint density at radius 1 is 1.20 bits per heavy atom. The molecule has 1 amide bonds. The van der Waals surface area contributed by atoms with Gasteiger partial charge in [-0.2, -0.15) is 0 Å². The Kier molecular flexibility index (Phi) is 5.18. The predicted molar refractivity (Wildman–Crippen MR) is 91.3 cm³/mol. The molecule has 2 aromatic rings. The first-order valence-corrected chi connectivity index (χ1v) is 7.83. The summed E-state index contributed by atoms with van der Waals surface area (Å²) in [6.07, 6.45) is 2.90. The molecule has 1 N–H and O–H groups in total. The van der Waals surface area contributed by atoms with E-state index < -0.39 is 5.82 Å². The molecule has 0 bridgehead atoms. The van der Waals surface area contributed by atoms with E-state index in [1.165, 1.54) is 25.3 Å². The molecule has 5 nitrogen and oxygen atoms in total. The van der Waals surface area contributed by atoms with Crippen LogP contribution in [0.1, 0.15) is 11.1 Å². The summed E-state index contributed by atoms with van der Waals surface area (Å²) in [5.41, 5.74) is 1.48. The third-order valence-corrected chi connectivity index (χ3v) is 3.68. The van der Waals surface area contributed by atoms with Crippen LogP contribution in [0.3, 0.4) is 0 Å². The van der Waals surface area contributed by atoms with Gasteiger partial charge >= 0.3 is 0 Å². The number of benzene rings is 2. The number of hydrogen-bond donors (Lipinski definition) is 1. The SMILES string of the molecule is COc1ccc(/C=C/C(=O)NCc2ccc3c(c2)OCCO3)cc1F. The molecule has 0 fully saturated rings. The van der Waals surface area contributed by atoms with Gasteiger partial charge in [0.15, 0.2) is 23.1 Å². The number of carbonyl (C=O) groups is 1. The minimum absolute atomic E-state index is 0.167. The summed E-state index contributed by atoms with van der Waals surface area (Å²) in [5, 5.41) is 2.77. The highest BCUT2D eigenvalue weighted by Gasteiger charge is 2.11. The topological polar surface area (TPSA) is 56.8 Å². The zero-order chi connectivity index (χ0) is 17.6. The molecule has 0 aromatic heterocycles. The number of carbonyl (C=O) groups excluding carboxylic acids is 1. The molecule has 1 aliphatic heterocycles. The van der Waals surface area contributed by atoms with E-state index in [4.69, 9.17) is 14.2 Å². The molecule has 2 aromatic carbocycles. The highest BCUT2D eigenvalue weighted by molar-refractivity contribution is 5.91. The molecule has 0 aliphatic carbocycles. The van der Waals surface area contributed by atoms with Crippen molar-refractivity contribution in [2.75, 3.05) is 20.3 Å². The van der Waals surface area contributed by atoms with Crippen LogP contribution in [0.25, 0.3) is 6.08 Å². The minimum atomic E-state index is -0.471. The quantitative estimate of drug-likeness (QED) is 0.848. The smallest absolute Gasteiger partial charge is 0.244 e. The van der Waals surface area contributed by atoms with Crippen molar-refractivity contribution >= 4 is 12.0 Å². The Morgan fingerprint density at radius 2 is 2.00 bits per heavy atom. The van der Waals surface area contributed by atoms with E-state index in [1.807, 2.05) is 18.2 Å². The Morgan fingerprint density at radius 3 is 2.76 bits per heavy atom. The maximum absolute atomic E-state index is 13.6. The molecule has 0 saturated carbocycles. The van der Waals surface area contributed by atoms with Crippen molar-refractivity contribution in [3.05, 3.63) is 59.4 Å². The summed E-state index contributed by atoms with van der Waals surface area (Å²) >= 11 is 0. The van der Waals surface area contributed by atoms with E-state index in [0.717, 1.165) is 5.56 Å². The molecule has 3 rings (SSSR count). The lowest BCUT2D eigenvalue weighted by atomic mass is 10.2. The van der Waals surface area contributed by atoms with Crippen molar-refractivity contribution in [1.82, 2.24) is 5.32 Å². The highest BCUT2D eigenvalue weighted by atomic mass is 19.1. The molecule has 1 aliphatic rings. The summed E-state index contributed by atoms with van der Waals surface area (Å²) in [6, 6.07) is 10.0. The van der Waals surface area contributed by atoms with Crippen molar-refractivity contribution in [2.24, 2.45) is 0 Å². The summed E-state index contributed by atoms with van der Waals surface area (Å²) < 4.78 is 29.4. The molecule has 25 heavy (non-hydrogen) atoms. The van der Waals surface area contributed by atoms with Gasteiger partial charge in [-0.15, -0.1) is 0 Å². The Bertz CT molecular complexity index is 804. The maximum atomic E-state index is 13.6. The van der Waals surface area contributed by atoms with Crippen LogP contribution in [-0.4, -0.2) is 26.2 Å². The number of amides is 1. The van der Waals surface area contributed by atoms with Crippen LogP contribution in [0.5, 0.6) is 17.2 Å². The lowest BCUT2D eigenvalue weighted by molar-refractivity contribution is -0.116.